The summed E-state index contributed by atoms with van der Waals surface area (Å²) in [5.74, 6) is 0.676. The van der Waals surface area contributed by atoms with Crippen molar-refractivity contribution >= 4 is 0 Å². The van der Waals surface area contributed by atoms with Gasteiger partial charge in [-0.05, 0) is 32.0 Å². The van der Waals surface area contributed by atoms with Crippen molar-refractivity contribution in [2.24, 2.45) is 4.99 Å². The van der Waals surface area contributed by atoms with Gasteiger partial charge in [-0.1, -0.05) is 6.07 Å². The fourth-order valence-corrected chi connectivity index (χ4v) is 2.73. The zero-order chi connectivity index (χ0) is 15.7. The summed E-state index contributed by atoms with van der Waals surface area (Å²) in [6.45, 7) is 3.66. The van der Waals surface area contributed by atoms with E-state index in [1.54, 1.807) is 47.5 Å². The minimum absolute atomic E-state index is 0.430. The number of aliphatic hydroxyl groups is 1. The van der Waals surface area contributed by atoms with Crippen LogP contribution in [0, 0.1) is 11.5 Å². The highest BCUT2D eigenvalue weighted by Crippen LogP contribution is 2.40. The lowest BCUT2D eigenvalue weighted by atomic mass is 9.87. The summed E-state index contributed by atoms with van der Waals surface area (Å²) in [6.07, 6.45) is 6.10. The first-order valence-corrected chi connectivity index (χ1v) is 6.95. The zero-order valence-electron chi connectivity index (χ0n) is 12.3. The van der Waals surface area contributed by atoms with Crippen molar-refractivity contribution in [3.8, 4) is 11.9 Å². The van der Waals surface area contributed by atoms with Crippen molar-refractivity contribution in [3.63, 3.8) is 0 Å². The third kappa shape index (κ3) is 2.26. The molecule has 0 fully saturated rings. The second-order valence-corrected chi connectivity index (χ2v) is 5.69. The van der Waals surface area contributed by atoms with Crippen LogP contribution in [0.5, 0.6) is 5.75 Å². The smallest absolute Gasteiger partial charge is 0.207 e. The fraction of sp³-hybridized carbons (Fsp3) is 0.312. The molecular formula is C16H16N4O2. The van der Waals surface area contributed by atoms with E-state index in [1.165, 1.54) is 0 Å². The molecule has 1 N–H and O–H groups in total. The highest BCUT2D eigenvalue weighted by Gasteiger charge is 2.43. The van der Waals surface area contributed by atoms with Crippen LogP contribution in [0.3, 0.4) is 0 Å². The molecule has 0 aromatic carbocycles. The normalized spacial score (nSPS) is 23.3. The number of ether oxygens (including phenoxy) is 1. The lowest BCUT2D eigenvalue weighted by Gasteiger charge is -2.42. The van der Waals surface area contributed by atoms with Crippen LogP contribution in [-0.4, -0.2) is 26.4 Å². The van der Waals surface area contributed by atoms with Crippen LogP contribution in [0.15, 0.2) is 47.8 Å². The largest absolute Gasteiger partial charge is 0.485 e. The topological polar surface area (TPSA) is 83.4 Å². The lowest BCUT2D eigenvalue weighted by Crippen LogP contribution is -2.52. The first-order chi connectivity index (χ1) is 10.5. The summed E-state index contributed by atoms with van der Waals surface area (Å²) in [5.41, 5.74) is 0.465. The number of aliphatic hydroxyl groups excluding tert-OH is 1. The van der Waals surface area contributed by atoms with Crippen LogP contribution in [0.4, 0.5) is 0 Å². The number of nitrogens with zero attached hydrogens (tertiary/aromatic N) is 4. The standard InChI is InChI=1S/C16H16N4O2/c1-16(2)15(21)14(11-9-18-7-6-12(11)22-16)20-8-4-3-5-13(20)19-10-17/h3-9,14-15,21H,1-2H3. The molecule has 0 saturated carbocycles. The molecule has 2 unspecified atom stereocenters. The van der Waals surface area contributed by atoms with Gasteiger partial charge < -0.3 is 14.4 Å². The summed E-state index contributed by atoms with van der Waals surface area (Å²) < 4.78 is 7.66. The van der Waals surface area contributed by atoms with E-state index >= 15 is 0 Å². The Kier molecular flexibility index (Phi) is 3.43. The number of nitriles is 1. The van der Waals surface area contributed by atoms with E-state index in [0.29, 0.717) is 11.2 Å². The first kappa shape index (κ1) is 14.3. The summed E-state index contributed by atoms with van der Waals surface area (Å²) in [5, 5.41) is 19.7. The van der Waals surface area contributed by atoms with Gasteiger partial charge in [0.2, 0.25) is 6.19 Å². The third-order valence-electron chi connectivity index (χ3n) is 3.84. The Morgan fingerprint density at radius 1 is 1.41 bits per heavy atom. The molecule has 3 heterocycles. The van der Waals surface area contributed by atoms with E-state index in [2.05, 4.69) is 9.98 Å². The van der Waals surface area contributed by atoms with E-state index in [4.69, 9.17) is 10.00 Å². The van der Waals surface area contributed by atoms with Crippen molar-refractivity contribution in [1.82, 2.24) is 9.55 Å². The quantitative estimate of drug-likeness (QED) is 0.806. The Bertz CT molecular complexity index is 804. The predicted octanol–water partition coefficient (Wildman–Crippen LogP) is 1.39. The van der Waals surface area contributed by atoms with Crippen molar-refractivity contribution < 1.29 is 9.84 Å². The first-order valence-electron chi connectivity index (χ1n) is 6.95. The molecule has 0 saturated heterocycles. The number of pyridine rings is 2. The molecular weight excluding hydrogens is 280 g/mol. The Hall–Kier alpha value is -2.65. The number of rotatable bonds is 1. The van der Waals surface area contributed by atoms with Gasteiger partial charge in [0.05, 0.1) is 6.04 Å². The molecule has 6 heteroatoms. The minimum atomic E-state index is -0.816. The monoisotopic (exact) mass is 296 g/mol. The van der Waals surface area contributed by atoms with Gasteiger partial charge in [0, 0.05) is 24.2 Å². The van der Waals surface area contributed by atoms with Crippen LogP contribution in [0.2, 0.25) is 0 Å². The van der Waals surface area contributed by atoms with Crippen LogP contribution in [-0.2, 0) is 0 Å². The Morgan fingerprint density at radius 2 is 2.23 bits per heavy atom. The van der Waals surface area contributed by atoms with Gasteiger partial charge in [-0.15, -0.1) is 0 Å². The van der Waals surface area contributed by atoms with E-state index in [-0.39, 0.29) is 0 Å². The SMILES string of the molecule is CC1(C)Oc2ccncc2C(n2ccccc2=NC#N)C1O. The van der Waals surface area contributed by atoms with E-state index in [9.17, 15) is 5.11 Å². The third-order valence-corrected chi connectivity index (χ3v) is 3.84. The molecule has 22 heavy (non-hydrogen) atoms. The second-order valence-electron chi connectivity index (χ2n) is 5.69. The van der Waals surface area contributed by atoms with E-state index in [0.717, 1.165) is 5.56 Å². The highest BCUT2D eigenvalue weighted by molar-refractivity contribution is 5.38. The van der Waals surface area contributed by atoms with Crippen molar-refractivity contribution in [3.05, 3.63) is 53.9 Å². The molecule has 6 nitrogen and oxygen atoms in total. The molecule has 3 rings (SSSR count). The molecule has 0 aliphatic carbocycles. The molecule has 2 atom stereocenters. The van der Waals surface area contributed by atoms with Gasteiger partial charge in [-0.2, -0.15) is 10.3 Å². The van der Waals surface area contributed by atoms with Crippen molar-refractivity contribution in [1.29, 1.82) is 5.26 Å². The van der Waals surface area contributed by atoms with Gasteiger partial charge in [0.25, 0.3) is 0 Å². The highest BCUT2D eigenvalue weighted by atomic mass is 16.5. The van der Waals surface area contributed by atoms with Gasteiger partial charge in [-0.3, -0.25) is 4.98 Å². The number of hydrogen-bond acceptors (Lipinski definition) is 5. The van der Waals surface area contributed by atoms with Gasteiger partial charge in [-0.25, -0.2) is 0 Å². The molecule has 1 aliphatic heterocycles. The Labute approximate surface area is 128 Å². The predicted molar refractivity (Wildman–Crippen MR) is 78.7 cm³/mol. The molecule has 2 aromatic rings. The van der Waals surface area contributed by atoms with Crippen LogP contribution in [0.25, 0.3) is 0 Å². The molecule has 0 spiro atoms. The second kappa shape index (κ2) is 5.28. The average Bonchev–Trinajstić information content (AvgIpc) is 2.50. The van der Waals surface area contributed by atoms with Crippen molar-refractivity contribution in [2.45, 2.75) is 31.6 Å². The van der Waals surface area contributed by atoms with Crippen LogP contribution in [0.1, 0.15) is 25.5 Å². The molecule has 0 amide bonds. The van der Waals surface area contributed by atoms with Gasteiger partial charge >= 0.3 is 0 Å². The van der Waals surface area contributed by atoms with Gasteiger partial charge in [0.15, 0.2) is 0 Å². The Balaban J connectivity index is 2.26. The maximum Gasteiger partial charge on any atom is 0.207 e. The molecule has 1 aliphatic rings. The van der Waals surface area contributed by atoms with Crippen LogP contribution >= 0.6 is 0 Å². The van der Waals surface area contributed by atoms with E-state index < -0.39 is 17.7 Å². The minimum Gasteiger partial charge on any atom is -0.485 e. The Morgan fingerprint density at radius 3 is 3.00 bits per heavy atom. The maximum atomic E-state index is 10.8. The molecule has 0 radical (unpaired) electrons. The molecule has 112 valence electrons. The van der Waals surface area contributed by atoms with Gasteiger partial charge in [0.1, 0.15) is 22.9 Å². The number of hydrogen-bond donors (Lipinski definition) is 1. The summed E-state index contributed by atoms with van der Waals surface area (Å²) in [4.78, 5) is 7.96. The number of fused-ring (bicyclic) bond motifs is 1. The molecule has 2 aromatic heterocycles. The van der Waals surface area contributed by atoms with Crippen LogP contribution < -0.4 is 10.2 Å². The summed E-state index contributed by atoms with van der Waals surface area (Å²) in [6, 6.07) is 6.71. The van der Waals surface area contributed by atoms with Crippen molar-refractivity contribution in [2.75, 3.05) is 0 Å². The maximum absolute atomic E-state index is 10.8. The zero-order valence-corrected chi connectivity index (χ0v) is 12.3. The summed E-state index contributed by atoms with van der Waals surface area (Å²) in [7, 11) is 0. The average molecular weight is 296 g/mol. The fourth-order valence-electron chi connectivity index (χ4n) is 2.73. The summed E-state index contributed by atoms with van der Waals surface area (Å²) >= 11 is 0. The molecule has 0 bridgehead atoms. The van der Waals surface area contributed by atoms with E-state index in [1.807, 2.05) is 19.9 Å². The number of aromatic nitrogens is 2. The lowest BCUT2D eigenvalue weighted by molar-refractivity contribution is -0.0645.